The SMILES string of the molecule is O.O.O=C(/C=C(\[O-])C(F)(F)F)C(F)(F)F.O=C(/C=C(\[O-])C(F)(F)F)C(F)(F)F.[Co+2].[OH3+].[OH3+]. The summed E-state index contributed by atoms with van der Waals surface area (Å²) >= 11 is 0. The first-order valence-electron chi connectivity index (χ1n) is 5.24. The molecule has 191 valence electrons. The first-order chi connectivity index (χ1) is 11.1. The van der Waals surface area contributed by atoms with Crippen molar-refractivity contribution in [2.75, 3.05) is 0 Å². The van der Waals surface area contributed by atoms with E-state index in [-0.39, 0.29) is 38.7 Å². The summed E-state index contributed by atoms with van der Waals surface area (Å²) in [7, 11) is 0. The number of halogens is 12. The molecule has 8 nitrogen and oxygen atoms in total. The van der Waals surface area contributed by atoms with E-state index in [0.717, 1.165) is 0 Å². The van der Waals surface area contributed by atoms with Crippen LogP contribution in [-0.2, 0) is 37.3 Å². The smallest absolute Gasteiger partial charge is 0.869 e. The average molecular weight is 547 g/mol. The van der Waals surface area contributed by atoms with Gasteiger partial charge in [-0.3, -0.25) is 9.59 Å². The standard InChI is InChI=1S/2C5H2F6O2.Co.4H2O/c2*6-4(7,8)2(12)1-3(13)5(9,10)11;;;;;/h2*1,12H;;4*1H2/q;;+2;;;;/b2*2-1-;;;;;. The van der Waals surface area contributed by atoms with Gasteiger partial charge in [0, 0.05) is 0 Å². The molecule has 0 rings (SSSR count). The molecule has 1 radical (unpaired) electrons. The van der Waals surface area contributed by atoms with Crippen molar-refractivity contribution in [3.05, 3.63) is 23.7 Å². The summed E-state index contributed by atoms with van der Waals surface area (Å²) < 4.78 is 136. The van der Waals surface area contributed by atoms with Gasteiger partial charge in [-0.1, -0.05) is 0 Å². The third-order valence-electron chi connectivity index (χ3n) is 1.64. The van der Waals surface area contributed by atoms with E-state index in [1.165, 1.54) is 0 Å². The second-order valence-electron chi connectivity index (χ2n) is 3.74. The van der Waals surface area contributed by atoms with Gasteiger partial charge < -0.3 is 32.1 Å². The maximum Gasteiger partial charge on any atom is 2.00 e. The zero-order valence-corrected chi connectivity index (χ0v) is 14.9. The van der Waals surface area contributed by atoms with Gasteiger partial charge in [-0.2, -0.15) is 52.7 Å². The largest absolute Gasteiger partial charge is 2.00 e. The molecule has 0 aliphatic rings. The fraction of sp³-hybridized carbons (Fsp3) is 0.400. The molecule has 0 bridgehead atoms. The predicted octanol–water partition coefficient (Wildman–Crippen LogP) is -1.65. The van der Waals surface area contributed by atoms with Crippen LogP contribution in [0, 0.1) is 0 Å². The van der Waals surface area contributed by atoms with Gasteiger partial charge in [0.05, 0.1) is 0 Å². The number of hydrogen-bond donors (Lipinski definition) is 0. The van der Waals surface area contributed by atoms with Crippen LogP contribution in [0.4, 0.5) is 52.7 Å². The topological polar surface area (TPSA) is 209 Å². The van der Waals surface area contributed by atoms with Gasteiger partial charge in [0.15, 0.2) is 0 Å². The molecule has 21 heteroatoms. The van der Waals surface area contributed by atoms with Gasteiger partial charge in [-0.15, -0.1) is 0 Å². The third-order valence-corrected chi connectivity index (χ3v) is 1.64. The number of hydrogen-bond acceptors (Lipinski definition) is 4. The Morgan fingerprint density at radius 3 is 0.774 bits per heavy atom. The van der Waals surface area contributed by atoms with E-state index in [9.17, 15) is 72.5 Å². The van der Waals surface area contributed by atoms with Gasteiger partial charge in [-0.25, -0.2) is 0 Å². The van der Waals surface area contributed by atoms with E-state index in [2.05, 4.69) is 0 Å². The van der Waals surface area contributed by atoms with E-state index in [1.54, 1.807) is 0 Å². The molecule has 0 aliphatic carbocycles. The van der Waals surface area contributed by atoms with E-state index in [4.69, 9.17) is 0 Å². The zero-order valence-electron chi connectivity index (χ0n) is 13.8. The minimum Gasteiger partial charge on any atom is -0.869 e. The van der Waals surface area contributed by atoms with Crippen molar-refractivity contribution in [3.8, 4) is 0 Å². The molecule has 0 aliphatic heterocycles. The molecule has 0 aromatic carbocycles. The quantitative estimate of drug-likeness (QED) is 0.172. The van der Waals surface area contributed by atoms with Crippen LogP contribution < -0.4 is 10.2 Å². The molecule has 0 atom stereocenters. The van der Waals surface area contributed by atoms with Gasteiger partial charge in [0.25, 0.3) is 11.6 Å². The molecule has 10 N–H and O–H groups in total. The van der Waals surface area contributed by atoms with Gasteiger partial charge in [0.1, 0.15) is 0 Å². The summed E-state index contributed by atoms with van der Waals surface area (Å²) in [6.07, 6.45) is -23.9. The predicted molar refractivity (Wildman–Crippen MR) is 67.4 cm³/mol. The van der Waals surface area contributed by atoms with Crippen molar-refractivity contribution in [2.45, 2.75) is 24.7 Å². The van der Waals surface area contributed by atoms with Crippen LogP contribution in [0.2, 0.25) is 0 Å². The molecule has 0 unspecified atom stereocenters. The second kappa shape index (κ2) is 15.7. The van der Waals surface area contributed by atoms with Crippen molar-refractivity contribution in [3.63, 3.8) is 0 Å². The molecule has 0 aromatic rings. The number of carbonyl (C=O) groups excluding carboxylic acids is 2. The Morgan fingerprint density at radius 1 is 0.516 bits per heavy atom. The molecule has 0 fully saturated rings. The number of carbonyl (C=O) groups is 2. The van der Waals surface area contributed by atoms with Crippen LogP contribution in [-0.4, -0.2) is 47.2 Å². The van der Waals surface area contributed by atoms with Crippen molar-refractivity contribution < 1.29 is 111 Å². The second-order valence-corrected chi connectivity index (χ2v) is 3.74. The molecular weight excluding hydrogens is 535 g/mol. The summed E-state index contributed by atoms with van der Waals surface area (Å²) in [6, 6.07) is 0. The Balaban J connectivity index is -0.0000000640. The fourth-order valence-electron chi connectivity index (χ4n) is 0.565. The zero-order chi connectivity index (χ0) is 21.7. The molecule has 0 heterocycles. The summed E-state index contributed by atoms with van der Waals surface area (Å²) in [5, 5.41) is 19.6. The first kappa shape index (κ1) is 46.9. The van der Waals surface area contributed by atoms with Gasteiger partial charge in [-0.05, 0) is 23.7 Å². The van der Waals surface area contributed by atoms with E-state index in [0.29, 0.717) is 0 Å². The Bertz CT molecular complexity index is 536. The number of rotatable bonds is 2. The summed E-state index contributed by atoms with van der Waals surface area (Å²) in [5.74, 6) is -11.3. The van der Waals surface area contributed by atoms with Crippen LogP contribution in [0.25, 0.3) is 0 Å². The Labute approximate surface area is 172 Å². The van der Waals surface area contributed by atoms with Crippen LogP contribution in [0.3, 0.4) is 0 Å². The number of alkyl halides is 12. The summed E-state index contributed by atoms with van der Waals surface area (Å²) in [4.78, 5) is 19.6. The van der Waals surface area contributed by atoms with Crippen molar-refractivity contribution >= 4 is 11.6 Å². The van der Waals surface area contributed by atoms with Crippen LogP contribution in [0.5, 0.6) is 0 Å². The van der Waals surface area contributed by atoms with Crippen LogP contribution >= 0.6 is 0 Å². The Kier molecular flexibility index (Phi) is 23.7. The third kappa shape index (κ3) is 21.0. The van der Waals surface area contributed by atoms with Crippen LogP contribution in [0.15, 0.2) is 23.7 Å². The molecule has 0 saturated heterocycles. The minimum absolute atomic E-state index is 0. The Hall–Kier alpha value is -2.07. The Morgan fingerprint density at radius 2 is 0.677 bits per heavy atom. The molecule has 0 saturated carbocycles. The first-order valence-corrected chi connectivity index (χ1v) is 5.24. The van der Waals surface area contributed by atoms with Gasteiger partial charge in [0.2, 0.25) is 0 Å². The maximum atomic E-state index is 11.3. The molecule has 0 amide bonds. The number of allylic oxidation sites excluding steroid dienone is 4. The van der Waals surface area contributed by atoms with E-state index in [1.807, 2.05) is 0 Å². The molecule has 0 spiro atoms. The fourth-order valence-corrected chi connectivity index (χ4v) is 0.565. The van der Waals surface area contributed by atoms with Gasteiger partial charge >= 0.3 is 41.5 Å². The van der Waals surface area contributed by atoms with Crippen LogP contribution in [0.1, 0.15) is 0 Å². The summed E-state index contributed by atoms with van der Waals surface area (Å²) in [6.45, 7) is 0. The molecule has 0 aromatic heterocycles. The summed E-state index contributed by atoms with van der Waals surface area (Å²) in [5.41, 5.74) is 0. The van der Waals surface area contributed by atoms with E-state index < -0.39 is 59.9 Å². The minimum atomic E-state index is -5.46. The molecular formula is C10H12CoF12O8+2. The van der Waals surface area contributed by atoms with Crippen molar-refractivity contribution in [2.24, 2.45) is 0 Å². The van der Waals surface area contributed by atoms with Crippen molar-refractivity contribution in [1.29, 1.82) is 0 Å². The van der Waals surface area contributed by atoms with E-state index >= 15 is 0 Å². The average Bonchev–Trinajstić information content (AvgIpc) is 2.34. The maximum absolute atomic E-state index is 11.3. The molecule has 31 heavy (non-hydrogen) atoms. The normalized spacial score (nSPS) is 12.1. The van der Waals surface area contributed by atoms with Crippen molar-refractivity contribution in [1.82, 2.24) is 0 Å². The monoisotopic (exact) mass is 547 g/mol. The number of ketones is 2.